The number of ether oxygens (including phenoxy) is 1. The van der Waals surface area contributed by atoms with E-state index in [0.29, 0.717) is 0 Å². The van der Waals surface area contributed by atoms with Crippen molar-refractivity contribution in [2.24, 2.45) is 0 Å². The number of aryl methyl sites for hydroxylation is 1. The number of aromatic nitrogens is 1. The zero-order valence-electron chi connectivity index (χ0n) is 15.1. The fourth-order valence-electron chi connectivity index (χ4n) is 3.30. The van der Waals surface area contributed by atoms with Crippen LogP contribution < -0.4 is 5.32 Å². The van der Waals surface area contributed by atoms with Crippen LogP contribution in [0.1, 0.15) is 24.0 Å². The van der Waals surface area contributed by atoms with Gasteiger partial charge in [0.2, 0.25) is 0 Å². The maximum Gasteiger partial charge on any atom is 0.0587 e. The van der Waals surface area contributed by atoms with Gasteiger partial charge in [0.1, 0.15) is 0 Å². The summed E-state index contributed by atoms with van der Waals surface area (Å²) in [5.74, 6) is 0. The van der Waals surface area contributed by atoms with Crippen molar-refractivity contribution in [3.63, 3.8) is 0 Å². The third kappa shape index (κ3) is 4.94. The van der Waals surface area contributed by atoms with E-state index in [9.17, 15) is 0 Å². The SMILES string of the molecule is COCCNCCCCc1cn(Cc2ccccc2)c2ccccc12. The lowest BCUT2D eigenvalue weighted by Crippen LogP contribution is -2.20. The van der Waals surface area contributed by atoms with Crippen LogP contribution in [0.2, 0.25) is 0 Å². The van der Waals surface area contributed by atoms with Crippen molar-refractivity contribution < 1.29 is 4.74 Å². The number of hydrogen-bond donors (Lipinski definition) is 1. The largest absolute Gasteiger partial charge is 0.383 e. The number of unbranched alkanes of at least 4 members (excludes halogenated alkanes) is 1. The number of methoxy groups -OCH3 is 1. The molecule has 0 aliphatic rings. The summed E-state index contributed by atoms with van der Waals surface area (Å²) in [6.07, 6.45) is 5.88. The minimum Gasteiger partial charge on any atom is -0.383 e. The molecule has 1 N–H and O–H groups in total. The lowest BCUT2D eigenvalue weighted by Gasteiger charge is -2.05. The van der Waals surface area contributed by atoms with E-state index in [1.54, 1.807) is 7.11 Å². The first-order valence-electron chi connectivity index (χ1n) is 9.19. The monoisotopic (exact) mass is 336 g/mol. The van der Waals surface area contributed by atoms with E-state index in [1.807, 2.05) is 0 Å². The van der Waals surface area contributed by atoms with Crippen LogP contribution in [0.3, 0.4) is 0 Å². The summed E-state index contributed by atoms with van der Waals surface area (Å²) in [5, 5.41) is 4.81. The zero-order chi connectivity index (χ0) is 17.3. The summed E-state index contributed by atoms with van der Waals surface area (Å²) in [6, 6.07) is 19.4. The highest BCUT2D eigenvalue weighted by Gasteiger charge is 2.08. The Bertz CT molecular complexity index is 764. The van der Waals surface area contributed by atoms with Crippen molar-refractivity contribution in [1.82, 2.24) is 9.88 Å². The normalized spacial score (nSPS) is 11.2. The average molecular weight is 336 g/mol. The molecule has 0 fully saturated rings. The first-order valence-corrected chi connectivity index (χ1v) is 9.19. The first-order chi connectivity index (χ1) is 12.4. The molecule has 0 unspecified atom stereocenters. The lowest BCUT2D eigenvalue weighted by molar-refractivity contribution is 0.199. The van der Waals surface area contributed by atoms with E-state index in [2.05, 4.69) is 70.7 Å². The van der Waals surface area contributed by atoms with Crippen molar-refractivity contribution in [2.75, 3.05) is 26.8 Å². The molecule has 0 aliphatic heterocycles. The van der Waals surface area contributed by atoms with Crippen molar-refractivity contribution in [2.45, 2.75) is 25.8 Å². The quantitative estimate of drug-likeness (QED) is 0.560. The first kappa shape index (κ1) is 17.7. The van der Waals surface area contributed by atoms with Gasteiger partial charge in [-0.1, -0.05) is 48.5 Å². The predicted molar refractivity (Wildman–Crippen MR) is 105 cm³/mol. The van der Waals surface area contributed by atoms with Gasteiger partial charge in [0.15, 0.2) is 0 Å². The Morgan fingerprint density at radius 3 is 2.56 bits per heavy atom. The molecule has 0 saturated carbocycles. The van der Waals surface area contributed by atoms with E-state index in [1.165, 1.54) is 34.9 Å². The molecule has 0 bridgehead atoms. The summed E-state index contributed by atoms with van der Waals surface area (Å²) in [7, 11) is 1.74. The molecule has 0 amide bonds. The molecule has 0 atom stereocenters. The molecular weight excluding hydrogens is 308 g/mol. The smallest absolute Gasteiger partial charge is 0.0587 e. The number of hydrogen-bond acceptors (Lipinski definition) is 2. The number of nitrogens with one attached hydrogen (secondary N) is 1. The van der Waals surface area contributed by atoms with E-state index in [0.717, 1.165) is 32.7 Å². The molecule has 3 rings (SSSR count). The minimum absolute atomic E-state index is 0.785. The Balaban J connectivity index is 1.63. The molecule has 132 valence electrons. The Morgan fingerprint density at radius 2 is 1.72 bits per heavy atom. The third-order valence-electron chi connectivity index (χ3n) is 4.60. The number of nitrogens with zero attached hydrogens (tertiary/aromatic N) is 1. The minimum atomic E-state index is 0.785. The van der Waals surface area contributed by atoms with E-state index >= 15 is 0 Å². The van der Waals surface area contributed by atoms with Crippen LogP contribution in [-0.4, -0.2) is 31.4 Å². The standard InChI is InChI=1S/C22H28N2O/c1-25-16-15-23-14-8-7-11-20-18-24(17-19-9-3-2-4-10-19)22-13-6-5-12-21(20)22/h2-6,9-10,12-13,18,23H,7-8,11,14-17H2,1H3. The number of para-hydroxylation sites is 1. The second-order valence-corrected chi connectivity index (χ2v) is 6.48. The Labute approximate surface area is 150 Å². The third-order valence-corrected chi connectivity index (χ3v) is 4.60. The van der Waals surface area contributed by atoms with Crippen molar-refractivity contribution in [3.05, 3.63) is 71.9 Å². The number of rotatable bonds is 10. The summed E-state index contributed by atoms with van der Waals surface area (Å²) >= 11 is 0. The molecule has 3 aromatic rings. The molecular formula is C22H28N2O. The average Bonchev–Trinajstić information content (AvgIpc) is 3.00. The van der Waals surface area contributed by atoms with Crippen LogP contribution in [0.25, 0.3) is 10.9 Å². The highest BCUT2D eigenvalue weighted by Crippen LogP contribution is 2.23. The summed E-state index contributed by atoms with van der Waals surface area (Å²) < 4.78 is 7.44. The Kier molecular flexibility index (Phi) is 6.66. The summed E-state index contributed by atoms with van der Waals surface area (Å²) in [6.45, 7) is 3.71. The zero-order valence-corrected chi connectivity index (χ0v) is 15.1. The molecule has 1 heterocycles. The van der Waals surface area contributed by atoms with Gasteiger partial charge in [0.05, 0.1) is 6.61 Å². The molecule has 3 nitrogen and oxygen atoms in total. The molecule has 25 heavy (non-hydrogen) atoms. The molecule has 1 aromatic heterocycles. The van der Waals surface area contributed by atoms with Gasteiger partial charge in [-0.25, -0.2) is 0 Å². The van der Waals surface area contributed by atoms with Gasteiger partial charge in [-0.2, -0.15) is 0 Å². The Morgan fingerprint density at radius 1 is 0.920 bits per heavy atom. The van der Waals surface area contributed by atoms with Gasteiger partial charge in [0.25, 0.3) is 0 Å². The van der Waals surface area contributed by atoms with E-state index < -0.39 is 0 Å². The summed E-state index contributed by atoms with van der Waals surface area (Å²) in [5.41, 5.74) is 4.14. The van der Waals surface area contributed by atoms with Crippen LogP contribution >= 0.6 is 0 Å². The molecule has 0 aliphatic carbocycles. The van der Waals surface area contributed by atoms with Crippen LogP contribution in [0, 0.1) is 0 Å². The lowest BCUT2D eigenvalue weighted by atomic mass is 10.1. The van der Waals surface area contributed by atoms with Gasteiger partial charge >= 0.3 is 0 Å². The van der Waals surface area contributed by atoms with Gasteiger partial charge in [-0.05, 0) is 43.0 Å². The maximum atomic E-state index is 5.05. The molecule has 3 heteroatoms. The fourth-order valence-corrected chi connectivity index (χ4v) is 3.30. The van der Waals surface area contributed by atoms with E-state index in [-0.39, 0.29) is 0 Å². The van der Waals surface area contributed by atoms with Gasteiger partial charge < -0.3 is 14.6 Å². The second-order valence-electron chi connectivity index (χ2n) is 6.48. The molecule has 0 radical (unpaired) electrons. The predicted octanol–water partition coefficient (Wildman–Crippen LogP) is 4.25. The van der Waals surface area contributed by atoms with Crippen molar-refractivity contribution in [1.29, 1.82) is 0 Å². The summed E-state index contributed by atoms with van der Waals surface area (Å²) in [4.78, 5) is 0. The van der Waals surface area contributed by atoms with Crippen LogP contribution in [0.4, 0.5) is 0 Å². The topological polar surface area (TPSA) is 26.2 Å². The number of fused-ring (bicyclic) bond motifs is 1. The van der Waals surface area contributed by atoms with Crippen LogP contribution in [-0.2, 0) is 17.7 Å². The van der Waals surface area contributed by atoms with Crippen molar-refractivity contribution >= 4 is 10.9 Å². The van der Waals surface area contributed by atoms with Gasteiger partial charge in [-0.15, -0.1) is 0 Å². The highest BCUT2D eigenvalue weighted by atomic mass is 16.5. The second kappa shape index (κ2) is 9.40. The molecule has 0 saturated heterocycles. The molecule has 2 aromatic carbocycles. The van der Waals surface area contributed by atoms with Gasteiger partial charge in [-0.3, -0.25) is 0 Å². The van der Waals surface area contributed by atoms with Gasteiger partial charge in [0, 0.05) is 37.3 Å². The van der Waals surface area contributed by atoms with Crippen LogP contribution in [0.5, 0.6) is 0 Å². The highest BCUT2D eigenvalue weighted by molar-refractivity contribution is 5.84. The number of benzene rings is 2. The fraction of sp³-hybridized carbons (Fsp3) is 0.364. The van der Waals surface area contributed by atoms with Crippen LogP contribution in [0.15, 0.2) is 60.8 Å². The van der Waals surface area contributed by atoms with Crippen molar-refractivity contribution in [3.8, 4) is 0 Å². The maximum absolute atomic E-state index is 5.05. The Hall–Kier alpha value is -2.10. The van der Waals surface area contributed by atoms with E-state index in [4.69, 9.17) is 4.74 Å². The molecule has 0 spiro atoms.